The number of furan rings is 2. The molecule has 0 amide bonds. The predicted molar refractivity (Wildman–Crippen MR) is 247 cm³/mol. The molecule has 0 atom stereocenters. The summed E-state index contributed by atoms with van der Waals surface area (Å²) in [6, 6.07) is 63.7. The quantitative estimate of drug-likeness (QED) is 0.178. The van der Waals surface area contributed by atoms with Crippen LogP contribution < -0.4 is 0 Å². The topological polar surface area (TPSA) is 69.9 Å². The average Bonchev–Trinajstić information content (AvgIpc) is 3.98. The molecule has 9 aromatic carbocycles. The van der Waals surface area contributed by atoms with Crippen molar-refractivity contribution in [2.24, 2.45) is 0 Å². The summed E-state index contributed by atoms with van der Waals surface area (Å²) in [6.45, 7) is 0. The van der Waals surface area contributed by atoms with Crippen molar-refractivity contribution in [2.45, 2.75) is 0 Å². The second-order valence-electron chi connectivity index (χ2n) is 15.9. The van der Waals surface area contributed by atoms with Crippen LogP contribution in [-0.4, -0.2) is 19.5 Å². The van der Waals surface area contributed by atoms with Crippen molar-refractivity contribution >= 4 is 76.5 Å². The van der Waals surface area contributed by atoms with E-state index in [2.05, 4.69) is 114 Å². The van der Waals surface area contributed by atoms with E-state index in [9.17, 15) is 0 Å². The first-order valence-electron chi connectivity index (χ1n) is 20.5. The molecule has 282 valence electrons. The molecule has 1 aliphatic rings. The van der Waals surface area contributed by atoms with Crippen molar-refractivity contribution in [2.75, 3.05) is 0 Å². The van der Waals surface area contributed by atoms with Crippen LogP contribution in [0, 0.1) is 0 Å². The molecule has 0 saturated heterocycles. The minimum Gasteiger partial charge on any atom is -0.456 e. The minimum absolute atomic E-state index is 0.568. The van der Waals surface area contributed by atoms with E-state index in [4.69, 9.17) is 23.8 Å². The Hall–Kier alpha value is -8.35. The monoisotopic (exact) mass is 778 g/mol. The molecule has 6 heteroatoms. The van der Waals surface area contributed by atoms with E-state index in [0.717, 1.165) is 77.3 Å². The summed E-state index contributed by atoms with van der Waals surface area (Å²) in [7, 11) is 0. The van der Waals surface area contributed by atoms with E-state index in [-0.39, 0.29) is 0 Å². The smallest absolute Gasteiger partial charge is 0.164 e. The molecule has 0 bridgehead atoms. The molecule has 0 saturated carbocycles. The van der Waals surface area contributed by atoms with E-state index >= 15 is 0 Å². The molecule has 0 radical (unpaired) electrons. The average molecular weight is 779 g/mol. The lowest BCUT2D eigenvalue weighted by atomic mass is 9.93. The lowest BCUT2D eigenvalue weighted by molar-refractivity contribution is 0.668. The van der Waals surface area contributed by atoms with Gasteiger partial charge in [0.15, 0.2) is 17.5 Å². The first-order chi connectivity index (χ1) is 30.2. The van der Waals surface area contributed by atoms with E-state index in [1.165, 1.54) is 43.8 Å². The zero-order valence-electron chi connectivity index (χ0n) is 32.4. The molecule has 6 nitrogen and oxygen atoms in total. The van der Waals surface area contributed by atoms with Gasteiger partial charge in [-0.2, -0.15) is 0 Å². The van der Waals surface area contributed by atoms with Crippen molar-refractivity contribution in [1.29, 1.82) is 0 Å². The molecule has 0 fully saturated rings. The molecule has 0 aliphatic heterocycles. The van der Waals surface area contributed by atoms with E-state index in [0.29, 0.717) is 17.5 Å². The molecular formula is C55H30N4O2. The molecule has 0 unspecified atom stereocenters. The van der Waals surface area contributed by atoms with Gasteiger partial charge >= 0.3 is 0 Å². The fraction of sp³-hybridized carbons (Fsp3) is 0. The van der Waals surface area contributed by atoms with Gasteiger partial charge in [0.25, 0.3) is 0 Å². The van der Waals surface area contributed by atoms with Crippen LogP contribution in [0.25, 0.3) is 139 Å². The first kappa shape index (κ1) is 32.6. The second kappa shape index (κ2) is 12.1. The third-order valence-electron chi connectivity index (χ3n) is 12.6. The van der Waals surface area contributed by atoms with Crippen molar-refractivity contribution in [3.63, 3.8) is 0 Å². The van der Waals surface area contributed by atoms with Crippen molar-refractivity contribution in [1.82, 2.24) is 19.5 Å². The predicted octanol–water partition coefficient (Wildman–Crippen LogP) is 14.6. The molecule has 4 heterocycles. The summed E-state index contributed by atoms with van der Waals surface area (Å²) in [4.78, 5) is 15.5. The van der Waals surface area contributed by atoms with Crippen LogP contribution in [0.3, 0.4) is 0 Å². The largest absolute Gasteiger partial charge is 0.456 e. The van der Waals surface area contributed by atoms with Gasteiger partial charge in [-0.05, 0) is 75.5 Å². The number of rotatable bonds is 4. The number of aromatic nitrogens is 4. The molecule has 61 heavy (non-hydrogen) atoms. The van der Waals surface area contributed by atoms with E-state index in [1.807, 2.05) is 72.8 Å². The van der Waals surface area contributed by atoms with Gasteiger partial charge in [0, 0.05) is 60.8 Å². The normalized spacial score (nSPS) is 12.3. The number of hydrogen-bond acceptors (Lipinski definition) is 5. The first-order valence-corrected chi connectivity index (χ1v) is 20.5. The van der Waals surface area contributed by atoms with Gasteiger partial charge in [-0.25, -0.2) is 15.0 Å². The van der Waals surface area contributed by atoms with Crippen LogP contribution in [0.1, 0.15) is 0 Å². The van der Waals surface area contributed by atoms with Crippen LogP contribution in [0.2, 0.25) is 0 Å². The summed E-state index contributed by atoms with van der Waals surface area (Å²) in [5.74, 6) is 1.73. The van der Waals surface area contributed by atoms with Gasteiger partial charge in [0.2, 0.25) is 0 Å². The van der Waals surface area contributed by atoms with E-state index in [1.54, 1.807) is 0 Å². The van der Waals surface area contributed by atoms with Crippen molar-refractivity contribution in [3.8, 4) is 62.1 Å². The molecule has 0 N–H and O–H groups in total. The Morgan fingerprint density at radius 1 is 0.328 bits per heavy atom. The van der Waals surface area contributed by atoms with Gasteiger partial charge in [0.1, 0.15) is 22.3 Å². The van der Waals surface area contributed by atoms with Crippen LogP contribution >= 0.6 is 0 Å². The van der Waals surface area contributed by atoms with Crippen LogP contribution in [0.4, 0.5) is 0 Å². The molecule has 1 aliphatic carbocycles. The van der Waals surface area contributed by atoms with Crippen molar-refractivity contribution < 1.29 is 8.83 Å². The lowest BCUT2D eigenvalue weighted by Gasteiger charge is -2.13. The molecule has 14 rings (SSSR count). The Morgan fingerprint density at radius 2 is 0.885 bits per heavy atom. The Kier molecular flexibility index (Phi) is 6.46. The number of nitrogens with zero attached hydrogens (tertiary/aromatic N) is 4. The Labute approximate surface area is 347 Å². The highest BCUT2D eigenvalue weighted by Crippen LogP contribution is 2.50. The highest BCUT2D eigenvalue weighted by molar-refractivity contribution is 6.30. The van der Waals surface area contributed by atoms with Gasteiger partial charge in [-0.3, -0.25) is 0 Å². The fourth-order valence-corrected chi connectivity index (χ4v) is 10.0. The Morgan fingerprint density at radius 3 is 1.66 bits per heavy atom. The second-order valence-corrected chi connectivity index (χ2v) is 15.9. The highest BCUT2D eigenvalue weighted by atomic mass is 16.3. The van der Waals surface area contributed by atoms with Gasteiger partial charge in [-0.15, -0.1) is 0 Å². The zero-order valence-corrected chi connectivity index (χ0v) is 32.4. The lowest BCUT2D eigenvalue weighted by Crippen LogP contribution is -2.00. The van der Waals surface area contributed by atoms with Gasteiger partial charge < -0.3 is 13.4 Å². The molecule has 4 aromatic heterocycles. The molecular weight excluding hydrogens is 749 g/mol. The van der Waals surface area contributed by atoms with Gasteiger partial charge in [0.05, 0.1) is 11.0 Å². The summed E-state index contributed by atoms with van der Waals surface area (Å²) < 4.78 is 15.5. The van der Waals surface area contributed by atoms with Gasteiger partial charge in [-0.1, -0.05) is 133 Å². The molecule has 0 spiro atoms. The van der Waals surface area contributed by atoms with Crippen molar-refractivity contribution in [3.05, 3.63) is 182 Å². The summed E-state index contributed by atoms with van der Waals surface area (Å²) >= 11 is 0. The highest BCUT2D eigenvalue weighted by Gasteiger charge is 2.26. The maximum Gasteiger partial charge on any atom is 0.164 e. The standard InChI is InChI=1S/C55H30N4O2/c1-2-12-32(13-3-1)53-56-54(40-20-10-24-45-49(40)38-17-6-7-23-44(38)60-45)58-55(57-53)41-21-11-25-46-50(41)39-28-27-33(30-47(39)61-46)59-42-22-9-19-37-35-16-5-4-15-34(35)36-18-8-14-31-26-29-43(59)52(48(31)36)51(37)42/h1-30H. The number of fused-ring (bicyclic) bond motifs is 9. The maximum atomic E-state index is 6.78. The third-order valence-corrected chi connectivity index (χ3v) is 12.6. The zero-order chi connectivity index (χ0) is 39.8. The number of hydrogen-bond donors (Lipinski definition) is 0. The van der Waals surface area contributed by atoms with E-state index < -0.39 is 0 Å². The SMILES string of the molecule is c1ccc(-c2nc(-c3cccc4oc5ccccc5c34)nc(-c3cccc4oc5cc(-n6c7cccc8c7c7c9c(cccc9ccc76)-c6ccccc6-8)ccc5c34)n2)cc1. The third kappa shape index (κ3) is 4.53. The fourth-order valence-electron chi connectivity index (χ4n) is 10.0. The minimum atomic E-state index is 0.568. The van der Waals surface area contributed by atoms with Crippen LogP contribution in [0.5, 0.6) is 0 Å². The molecule has 13 aromatic rings. The summed E-state index contributed by atoms with van der Waals surface area (Å²) in [5, 5.41) is 9.02. The van der Waals surface area contributed by atoms with Crippen LogP contribution in [-0.2, 0) is 0 Å². The summed E-state index contributed by atoms with van der Waals surface area (Å²) in [6.07, 6.45) is 0. The van der Waals surface area contributed by atoms with Crippen LogP contribution in [0.15, 0.2) is 191 Å². The number of para-hydroxylation sites is 1. The maximum absolute atomic E-state index is 6.78. The Bertz CT molecular complexity index is 4010. The number of benzene rings is 9. The Balaban J connectivity index is 0.995. The summed E-state index contributed by atoms with van der Waals surface area (Å²) in [5.41, 5.74) is 14.2.